The second-order valence-electron chi connectivity index (χ2n) is 5.21. The lowest BCUT2D eigenvalue weighted by molar-refractivity contribution is 0.361. The monoisotopic (exact) mass is 232 g/mol. The van der Waals surface area contributed by atoms with Crippen molar-refractivity contribution in [2.75, 3.05) is 25.0 Å². The molecule has 1 heterocycles. The first-order chi connectivity index (χ1) is 8.25. The molecule has 0 unspecified atom stereocenters. The minimum atomic E-state index is 0.912. The van der Waals surface area contributed by atoms with Crippen molar-refractivity contribution in [3.05, 3.63) is 29.3 Å². The number of hydrogen-bond donors (Lipinski definition) is 2. The maximum absolute atomic E-state index is 3.54. The summed E-state index contributed by atoms with van der Waals surface area (Å²) in [5.74, 6) is 0.912. The first kappa shape index (κ1) is 12.4. The van der Waals surface area contributed by atoms with Gasteiger partial charge in [-0.2, -0.15) is 0 Å². The fourth-order valence-electron chi connectivity index (χ4n) is 2.44. The van der Waals surface area contributed by atoms with E-state index in [0.717, 1.165) is 12.5 Å². The summed E-state index contributed by atoms with van der Waals surface area (Å²) in [6.45, 7) is 7.84. The normalized spacial score (nSPS) is 17.1. The molecular formula is C15H24N2. The summed E-state index contributed by atoms with van der Waals surface area (Å²) in [5.41, 5.74) is 4.01. The van der Waals surface area contributed by atoms with Crippen molar-refractivity contribution in [1.82, 2.24) is 5.32 Å². The van der Waals surface area contributed by atoms with E-state index < -0.39 is 0 Å². The lowest BCUT2D eigenvalue weighted by atomic mass is 9.95. The van der Waals surface area contributed by atoms with Gasteiger partial charge < -0.3 is 10.6 Å². The second-order valence-corrected chi connectivity index (χ2v) is 5.21. The molecule has 1 aliphatic rings. The van der Waals surface area contributed by atoms with Gasteiger partial charge in [-0.3, -0.25) is 0 Å². The van der Waals surface area contributed by atoms with E-state index in [-0.39, 0.29) is 0 Å². The summed E-state index contributed by atoms with van der Waals surface area (Å²) >= 11 is 0. The van der Waals surface area contributed by atoms with Crippen LogP contribution in [0.25, 0.3) is 0 Å². The molecule has 2 heteroatoms. The first-order valence-electron chi connectivity index (χ1n) is 6.77. The molecule has 17 heavy (non-hydrogen) atoms. The number of hydrogen-bond acceptors (Lipinski definition) is 2. The number of nitrogens with one attached hydrogen (secondary N) is 2. The molecule has 0 aliphatic carbocycles. The maximum atomic E-state index is 3.54. The fraction of sp³-hybridized carbons (Fsp3) is 0.600. The number of aryl methyl sites for hydroxylation is 2. The van der Waals surface area contributed by atoms with E-state index in [1.54, 1.807) is 0 Å². The number of piperidine rings is 1. The predicted octanol–water partition coefficient (Wildman–Crippen LogP) is 3.11. The van der Waals surface area contributed by atoms with Gasteiger partial charge >= 0.3 is 0 Å². The molecule has 0 aromatic heterocycles. The van der Waals surface area contributed by atoms with Crippen molar-refractivity contribution in [2.24, 2.45) is 5.92 Å². The molecule has 0 bridgehead atoms. The average Bonchev–Trinajstić information content (AvgIpc) is 2.35. The molecule has 0 amide bonds. The third-order valence-electron chi connectivity index (χ3n) is 3.85. The summed E-state index contributed by atoms with van der Waals surface area (Å²) in [7, 11) is 0. The maximum Gasteiger partial charge on any atom is 0.0342 e. The summed E-state index contributed by atoms with van der Waals surface area (Å²) in [4.78, 5) is 0. The highest BCUT2D eigenvalue weighted by molar-refractivity contribution is 5.47. The zero-order valence-corrected chi connectivity index (χ0v) is 11.1. The lowest BCUT2D eigenvalue weighted by Crippen LogP contribution is -2.28. The van der Waals surface area contributed by atoms with Crippen LogP contribution >= 0.6 is 0 Å². The summed E-state index contributed by atoms with van der Waals surface area (Å²) in [6.07, 6.45) is 3.98. The molecule has 0 saturated carbocycles. The van der Waals surface area contributed by atoms with Crippen LogP contribution in [-0.4, -0.2) is 19.6 Å². The first-order valence-corrected chi connectivity index (χ1v) is 6.77. The minimum Gasteiger partial charge on any atom is -0.385 e. The average molecular weight is 232 g/mol. The van der Waals surface area contributed by atoms with Crippen molar-refractivity contribution in [1.29, 1.82) is 0 Å². The molecule has 1 aromatic carbocycles. The quantitative estimate of drug-likeness (QED) is 0.833. The van der Waals surface area contributed by atoms with Crippen molar-refractivity contribution < 1.29 is 0 Å². The number of anilines is 1. The molecule has 2 nitrogen and oxygen atoms in total. The van der Waals surface area contributed by atoms with Gasteiger partial charge in [-0.15, -0.1) is 0 Å². The third kappa shape index (κ3) is 3.74. The van der Waals surface area contributed by atoms with Gasteiger partial charge in [0.1, 0.15) is 0 Å². The summed E-state index contributed by atoms with van der Waals surface area (Å²) < 4.78 is 0. The Kier molecular flexibility index (Phi) is 4.43. The Hall–Kier alpha value is -1.02. The highest BCUT2D eigenvalue weighted by Crippen LogP contribution is 2.17. The Labute approximate surface area is 105 Å². The lowest BCUT2D eigenvalue weighted by Gasteiger charge is -2.22. The van der Waals surface area contributed by atoms with Crippen LogP contribution in [-0.2, 0) is 0 Å². The Balaban J connectivity index is 1.75. The van der Waals surface area contributed by atoms with E-state index in [9.17, 15) is 0 Å². The van der Waals surface area contributed by atoms with Gasteiger partial charge in [-0.25, -0.2) is 0 Å². The highest BCUT2D eigenvalue weighted by Gasteiger charge is 2.11. The van der Waals surface area contributed by atoms with E-state index in [1.165, 1.54) is 49.2 Å². The van der Waals surface area contributed by atoms with Crippen LogP contribution in [0.2, 0.25) is 0 Å². The van der Waals surface area contributed by atoms with E-state index in [0.29, 0.717) is 0 Å². The van der Waals surface area contributed by atoms with Gasteiger partial charge in [0.2, 0.25) is 0 Å². The predicted molar refractivity (Wildman–Crippen MR) is 74.6 cm³/mol. The molecule has 0 atom stereocenters. The standard InChI is InChI=1S/C15H24N2/c1-12-3-4-15(11-13(12)2)17-10-7-14-5-8-16-9-6-14/h3-4,11,14,16-17H,5-10H2,1-2H3. The zero-order valence-electron chi connectivity index (χ0n) is 11.1. The van der Waals surface area contributed by atoms with Crippen molar-refractivity contribution in [3.63, 3.8) is 0 Å². The molecule has 0 spiro atoms. The summed E-state index contributed by atoms with van der Waals surface area (Å²) in [6, 6.07) is 6.63. The Morgan fingerprint density at radius 3 is 2.65 bits per heavy atom. The second kappa shape index (κ2) is 6.06. The van der Waals surface area contributed by atoms with Crippen LogP contribution in [0.3, 0.4) is 0 Å². The van der Waals surface area contributed by atoms with Crippen LogP contribution in [0.15, 0.2) is 18.2 Å². The van der Waals surface area contributed by atoms with Gasteiger partial charge in [-0.1, -0.05) is 6.07 Å². The number of benzene rings is 1. The summed E-state index contributed by atoms with van der Waals surface area (Å²) in [5, 5.41) is 6.96. The Morgan fingerprint density at radius 1 is 1.18 bits per heavy atom. The van der Waals surface area contributed by atoms with Crippen molar-refractivity contribution in [3.8, 4) is 0 Å². The van der Waals surface area contributed by atoms with E-state index in [4.69, 9.17) is 0 Å². The molecule has 0 radical (unpaired) electrons. The molecule has 1 saturated heterocycles. The third-order valence-corrected chi connectivity index (χ3v) is 3.85. The fourth-order valence-corrected chi connectivity index (χ4v) is 2.44. The van der Waals surface area contributed by atoms with Crippen LogP contribution in [0.1, 0.15) is 30.4 Å². The largest absolute Gasteiger partial charge is 0.385 e. The smallest absolute Gasteiger partial charge is 0.0342 e. The molecule has 94 valence electrons. The van der Waals surface area contributed by atoms with E-state index in [1.807, 2.05) is 0 Å². The van der Waals surface area contributed by atoms with Gasteiger partial charge in [0.05, 0.1) is 0 Å². The SMILES string of the molecule is Cc1ccc(NCCC2CCNCC2)cc1C. The topological polar surface area (TPSA) is 24.1 Å². The van der Waals surface area contributed by atoms with Crippen molar-refractivity contribution >= 4 is 5.69 Å². The van der Waals surface area contributed by atoms with Crippen LogP contribution in [0.5, 0.6) is 0 Å². The molecule has 2 N–H and O–H groups in total. The van der Waals surface area contributed by atoms with Crippen LogP contribution in [0, 0.1) is 19.8 Å². The molecular weight excluding hydrogens is 208 g/mol. The minimum absolute atomic E-state index is 0.912. The zero-order chi connectivity index (χ0) is 12.1. The van der Waals surface area contributed by atoms with Crippen LogP contribution < -0.4 is 10.6 Å². The van der Waals surface area contributed by atoms with E-state index in [2.05, 4.69) is 42.7 Å². The molecule has 1 fully saturated rings. The van der Waals surface area contributed by atoms with Gasteiger partial charge in [0, 0.05) is 12.2 Å². The molecule has 2 rings (SSSR count). The Morgan fingerprint density at radius 2 is 1.94 bits per heavy atom. The van der Waals surface area contributed by atoms with Crippen LogP contribution in [0.4, 0.5) is 5.69 Å². The van der Waals surface area contributed by atoms with Gasteiger partial charge in [-0.05, 0) is 75.4 Å². The van der Waals surface area contributed by atoms with Crippen molar-refractivity contribution in [2.45, 2.75) is 33.1 Å². The Bertz CT molecular complexity index is 354. The molecule has 1 aromatic rings. The van der Waals surface area contributed by atoms with Gasteiger partial charge in [0.25, 0.3) is 0 Å². The highest BCUT2D eigenvalue weighted by atomic mass is 14.9. The van der Waals surface area contributed by atoms with Gasteiger partial charge in [0.15, 0.2) is 0 Å². The molecule has 1 aliphatic heterocycles. The number of rotatable bonds is 4. The van der Waals surface area contributed by atoms with E-state index >= 15 is 0 Å².